The molecular formula is C15H21NO. The van der Waals surface area contributed by atoms with Crippen LogP contribution >= 0.6 is 0 Å². The van der Waals surface area contributed by atoms with Crippen molar-refractivity contribution in [2.75, 3.05) is 19.7 Å². The summed E-state index contributed by atoms with van der Waals surface area (Å²) in [5, 5.41) is 3.43. The first kappa shape index (κ1) is 11.2. The molecule has 0 amide bonds. The van der Waals surface area contributed by atoms with Gasteiger partial charge in [-0.3, -0.25) is 0 Å². The Kier molecular flexibility index (Phi) is 3.17. The van der Waals surface area contributed by atoms with E-state index in [0.717, 1.165) is 18.4 Å². The summed E-state index contributed by atoms with van der Waals surface area (Å²) in [7, 11) is 0. The van der Waals surface area contributed by atoms with E-state index in [9.17, 15) is 0 Å². The number of rotatable bonds is 2. The molecule has 0 aromatic rings. The minimum absolute atomic E-state index is 0.569. The summed E-state index contributed by atoms with van der Waals surface area (Å²) >= 11 is 0. The molecule has 0 saturated carbocycles. The largest absolute Gasteiger partial charge is 0.378 e. The van der Waals surface area contributed by atoms with Gasteiger partial charge in [0.15, 0.2) is 0 Å². The van der Waals surface area contributed by atoms with Gasteiger partial charge in [0.2, 0.25) is 0 Å². The van der Waals surface area contributed by atoms with Gasteiger partial charge in [-0.15, -0.1) is 0 Å². The molecule has 17 heavy (non-hydrogen) atoms. The Morgan fingerprint density at radius 3 is 2.71 bits per heavy atom. The second-order valence-electron chi connectivity index (χ2n) is 5.32. The van der Waals surface area contributed by atoms with E-state index in [1.165, 1.54) is 37.1 Å². The summed E-state index contributed by atoms with van der Waals surface area (Å²) in [5.41, 5.74) is 2.85. The van der Waals surface area contributed by atoms with Gasteiger partial charge in [0, 0.05) is 24.9 Å². The van der Waals surface area contributed by atoms with E-state index in [2.05, 4.69) is 36.5 Å². The lowest BCUT2D eigenvalue weighted by atomic mass is 9.92. The molecule has 3 unspecified atom stereocenters. The van der Waals surface area contributed by atoms with Crippen LogP contribution in [0.4, 0.5) is 0 Å². The molecule has 0 aromatic heterocycles. The van der Waals surface area contributed by atoms with Crippen molar-refractivity contribution in [2.24, 2.45) is 11.8 Å². The molecule has 2 aliphatic heterocycles. The molecule has 2 heteroatoms. The Morgan fingerprint density at radius 2 is 2.12 bits per heavy atom. The second kappa shape index (κ2) is 4.79. The number of hydrogen-bond acceptors (Lipinski definition) is 2. The number of nitrogens with one attached hydrogen (secondary N) is 1. The van der Waals surface area contributed by atoms with Gasteiger partial charge in [-0.2, -0.15) is 0 Å². The minimum Gasteiger partial charge on any atom is -0.378 e. The lowest BCUT2D eigenvalue weighted by molar-refractivity contribution is 0.0803. The van der Waals surface area contributed by atoms with Gasteiger partial charge in [0.05, 0.1) is 12.7 Å². The van der Waals surface area contributed by atoms with E-state index in [1.807, 2.05) is 0 Å². The smallest absolute Gasteiger partial charge is 0.0619 e. The van der Waals surface area contributed by atoms with Crippen LogP contribution in [0.1, 0.15) is 19.8 Å². The minimum atomic E-state index is 0.569. The fourth-order valence-electron chi connectivity index (χ4n) is 3.00. The molecule has 2 saturated heterocycles. The van der Waals surface area contributed by atoms with Crippen molar-refractivity contribution in [3.05, 3.63) is 24.3 Å². The maximum Gasteiger partial charge on any atom is 0.0619 e. The van der Waals surface area contributed by atoms with Crippen LogP contribution in [0.5, 0.6) is 0 Å². The Morgan fingerprint density at radius 1 is 1.29 bits per heavy atom. The van der Waals surface area contributed by atoms with Gasteiger partial charge in [-0.1, -0.05) is 31.5 Å². The van der Waals surface area contributed by atoms with Gasteiger partial charge < -0.3 is 10.1 Å². The molecule has 0 spiro atoms. The van der Waals surface area contributed by atoms with Crippen LogP contribution in [-0.4, -0.2) is 25.8 Å². The van der Waals surface area contributed by atoms with E-state index >= 15 is 0 Å². The lowest BCUT2D eigenvalue weighted by Gasteiger charge is -2.14. The molecule has 3 atom stereocenters. The zero-order chi connectivity index (χ0) is 11.7. The van der Waals surface area contributed by atoms with Crippen LogP contribution in [0.2, 0.25) is 0 Å². The van der Waals surface area contributed by atoms with E-state index in [4.69, 9.17) is 4.74 Å². The fourth-order valence-corrected chi connectivity index (χ4v) is 3.00. The standard InChI is InChI=1S/C9H17NO.C6H4/c1-2-3-9-8-5-10-4-7(8)6-11-9;1-2-5-4-6(5)3-1/h7-10H,2-6H2,1H3;1-4H. The number of fused-ring (bicyclic) bond motifs is 2. The third kappa shape index (κ3) is 2.38. The third-order valence-corrected chi connectivity index (χ3v) is 4.08. The Labute approximate surface area is 103 Å². The molecule has 0 aromatic carbocycles. The first-order valence-corrected chi connectivity index (χ1v) is 6.81. The highest BCUT2D eigenvalue weighted by Crippen LogP contribution is 2.33. The van der Waals surface area contributed by atoms with E-state index in [0.29, 0.717) is 6.10 Å². The van der Waals surface area contributed by atoms with E-state index < -0.39 is 0 Å². The molecule has 2 nitrogen and oxygen atoms in total. The molecule has 2 fully saturated rings. The Hall–Kier alpha value is -0.860. The predicted molar refractivity (Wildman–Crippen MR) is 69.9 cm³/mol. The summed E-state index contributed by atoms with van der Waals surface area (Å²) in [6.45, 7) is 5.61. The Bertz CT molecular complexity index is 371. The van der Waals surface area contributed by atoms with E-state index in [-0.39, 0.29) is 0 Å². The molecule has 0 bridgehead atoms. The van der Waals surface area contributed by atoms with Gasteiger partial charge in [0.1, 0.15) is 0 Å². The molecule has 92 valence electrons. The average Bonchev–Trinajstić information content (AvgIpc) is 2.79. The van der Waals surface area contributed by atoms with Crippen LogP contribution in [0.3, 0.4) is 0 Å². The van der Waals surface area contributed by atoms with Gasteiger partial charge >= 0.3 is 0 Å². The predicted octanol–water partition coefficient (Wildman–Crippen LogP) is 2.69. The topological polar surface area (TPSA) is 21.3 Å². The van der Waals surface area contributed by atoms with Gasteiger partial charge in [-0.25, -0.2) is 0 Å². The monoisotopic (exact) mass is 231 g/mol. The maximum atomic E-state index is 5.72. The molecule has 0 radical (unpaired) electrons. The Balaban J connectivity index is 0.000000125. The van der Waals surface area contributed by atoms with Crippen molar-refractivity contribution in [3.63, 3.8) is 0 Å². The van der Waals surface area contributed by atoms with Crippen molar-refractivity contribution < 1.29 is 4.74 Å². The molecule has 4 rings (SSSR count). The van der Waals surface area contributed by atoms with E-state index in [1.54, 1.807) is 0 Å². The summed E-state index contributed by atoms with van der Waals surface area (Å²) in [6, 6.07) is 8.48. The van der Waals surface area contributed by atoms with Crippen molar-refractivity contribution in [1.82, 2.24) is 5.32 Å². The third-order valence-electron chi connectivity index (χ3n) is 4.08. The van der Waals surface area contributed by atoms with Crippen molar-refractivity contribution in [1.29, 1.82) is 0 Å². The molecule has 1 N–H and O–H groups in total. The van der Waals surface area contributed by atoms with Crippen molar-refractivity contribution in [2.45, 2.75) is 25.9 Å². The molecule has 2 heterocycles. The first-order chi connectivity index (χ1) is 8.38. The number of benzene rings is 1. The lowest BCUT2D eigenvalue weighted by Crippen LogP contribution is -2.21. The first-order valence-electron chi connectivity index (χ1n) is 6.81. The summed E-state index contributed by atoms with van der Waals surface area (Å²) in [5.74, 6) is 1.65. The zero-order valence-corrected chi connectivity index (χ0v) is 10.5. The van der Waals surface area contributed by atoms with Crippen LogP contribution < -0.4 is 5.32 Å². The molecule has 2 aliphatic carbocycles. The SMILES string of the molecule is CCCC1OCC2CNCC21.c1cc2cc-2c1. The normalized spacial score (nSPS) is 31.7. The quantitative estimate of drug-likeness (QED) is 0.858. The number of hydrogen-bond donors (Lipinski definition) is 1. The summed E-state index contributed by atoms with van der Waals surface area (Å²) < 4.78 is 5.72. The van der Waals surface area contributed by atoms with Crippen LogP contribution in [0.15, 0.2) is 24.3 Å². The highest BCUT2D eigenvalue weighted by Gasteiger charge is 2.39. The van der Waals surface area contributed by atoms with Gasteiger partial charge in [-0.05, 0) is 23.6 Å². The summed E-state index contributed by atoms with van der Waals surface area (Å²) in [4.78, 5) is 0. The highest BCUT2D eigenvalue weighted by molar-refractivity contribution is 5.80. The van der Waals surface area contributed by atoms with Gasteiger partial charge in [0.25, 0.3) is 0 Å². The van der Waals surface area contributed by atoms with Crippen molar-refractivity contribution in [3.8, 4) is 11.1 Å². The highest BCUT2D eigenvalue weighted by atomic mass is 16.5. The van der Waals surface area contributed by atoms with Crippen molar-refractivity contribution >= 4 is 0 Å². The summed E-state index contributed by atoms with van der Waals surface area (Å²) in [6.07, 6.45) is 3.08. The zero-order valence-electron chi connectivity index (χ0n) is 10.5. The molecule has 4 aliphatic rings. The van der Waals surface area contributed by atoms with Crippen LogP contribution in [0, 0.1) is 11.8 Å². The maximum absolute atomic E-state index is 5.72. The van der Waals surface area contributed by atoms with Crippen LogP contribution in [-0.2, 0) is 4.74 Å². The average molecular weight is 231 g/mol. The molecular weight excluding hydrogens is 210 g/mol. The van der Waals surface area contributed by atoms with Crippen LogP contribution in [0.25, 0.3) is 11.1 Å². The second-order valence-corrected chi connectivity index (χ2v) is 5.32. The number of ether oxygens (including phenoxy) is 1. The fraction of sp³-hybridized carbons (Fsp3) is 0.600.